The summed E-state index contributed by atoms with van der Waals surface area (Å²) in [5.41, 5.74) is 1.90. The van der Waals surface area contributed by atoms with Crippen LogP contribution in [0.3, 0.4) is 0 Å². The molecular formula is C18H17BrN2O3. The number of hydrazone groups is 1. The first-order valence-electron chi connectivity index (χ1n) is 8.04. The van der Waals surface area contributed by atoms with E-state index in [2.05, 4.69) is 21.0 Å². The van der Waals surface area contributed by atoms with E-state index in [1.54, 1.807) is 11.3 Å². The Labute approximate surface area is 148 Å². The molecule has 2 aliphatic heterocycles. The van der Waals surface area contributed by atoms with Crippen LogP contribution < -0.4 is 0 Å². The maximum atomic E-state index is 12.8. The van der Waals surface area contributed by atoms with Gasteiger partial charge in [-0.3, -0.25) is 4.79 Å². The van der Waals surface area contributed by atoms with Gasteiger partial charge < -0.3 is 9.15 Å². The molecule has 2 atom stereocenters. The molecule has 0 saturated carbocycles. The summed E-state index contributed by atoms with van der Waals surface area (Å²) in [6.07, 6.45) is 3.54. The molecule has 5 nitrogen and oxygen atoms in total. The number of carbonyl (C=O) groups is 1. The monoisotopic (exact) mass is 388 g/mol. The van der Waals surface area contributed by atoms with Crippen LogP contribution in [0, 0.1) is 0 Å². The zero-order chi connectivity index (χ0) is 16.5. The molecule has 124 valence electrons. The summed E-state index contributed by atoms with van der Waals surface area (Å²) in [5, 5.41) is 6.16. The number of rotatable bonds is 3. The minimum atomic E-state index is -0.393. The Balaban J connectivity index is 1.65. The van der Waals surface area contributed by atoms with Gasteiger partial charge in [0.1, 0.15) is 17.9 Å². The molecule has 6 heteroatoms. The summed E-state index contributed by atoms with van der Waals surface area (Å²) >= 11 is 3.44. The van der Waals surface area contributed by atoms with Crippen molar-refractivity contribution < 1.29 is 13.9 Å². The predicted molar refractivity (Wildman–Crippen MR) is 92.6 cm³/mol. The van der Waals surface area contributed by atoms with E-state index in [1.165, 1.54) is 0 Å². The highest BCUT2D eigenvalue weighted by Crippen LogP contribution is 2.34. The van der Waals surface area contributed by atoms with Gasteiger partial charge in [0.15, 0.2) is 0 Å². The van der Waals surface area contributed by atoms with Gasteiger partial charge in [-0.25, -0.2) is 5.01 Å². The molecule has 2 aromatic rings. The Hall–Kier alpha value is -1.92. The van der Waals surface area contributed by atoms with E-state index in [-0.39, 0.29) is 11.9 Å². The normalized spacial score (nSPS) is 23.5. The van der Waals surface area contributed by atoms with Crippen molar-refractivity contribution in [3.05, 3.63) is 58.5 Å². The smallest absolute Gasteiger partial charge is 0.272 e. The second kappa shape index (κ2) is 6.53. The highest BCUT2D eigenvalue weighted by atomic mass is 79.9. The van der Waals surface area contributed by atoms with E-state index in [4.69, 9.17) is 9.15 Å². The van der Waals surface area contributed by atoms with Gasteiger partial charge in [-0.15, -0.1) is 0 Å². The molecule has 0 aliphatic carbocycles. The summed E-state index contributed by atoms with van der Waals surface area (Å²) in [5.74, 6) is 0.665. The average molecular weight is 389 g/mol. The summed E-state index contributed by atoms with van der Waals surface area (Å²) in [6, 6.07) is 11.5. The van der Waals surface area contributed by atoms with E-state index in [0.717, 1.165) is 34.3 Å². The Kier molecular flexibility index (Phi) is 4.24. The summed E-state index contributed by atoms with van der Waals surface area (Å²) in [6.45, 7) is 0.638. The zero-order valence-electron chi connectivity index (χ0n) is 13.0. The lowest BCUT2D eigenvalue weighted by Crippen LogP contribution is -2.35. The summed E-state index contributed by atoms with van der Waals surface area (Å²) in [4.78, 5) is 12.8. The molecule has 1 saturated heterocycles. The number of hydrogen-bond donors (Lipinski definition) is 0. The lowest BCUT2D eigenvalue weighted by atomic mass is 10.0. The SMILES string of the molecule is O=C([C@H]1CCCO1)N1N=C(c2ccc(Br)cc2)C[C@H]1c1ccco1. The van der Waals surface area contributed by atoms with Gasteiger partial charge >= 0.3 is 0 Å². The fraction of sp³-hybridized carbons (Fsp3) is 0.333. The van der Waals surface area contributed by atoms with Crippen molar-refractivity contribution in [1.29, 1.82) is 0 Å². The highest BCUT2D eigenvalue weighted by Gasteiger charge is 2.39. The van der Waals surface area contributed by atoms with E-state index < -0.39 is 6.10 Å². The first kappa shape index (κ1) is 15.6. The first-order chi connectivity index (χ1) is 11.7. The van der Waals surface area contributed by atoms with Gasteiger partial charge in [-0.1, -0.05) is 28.1 Å². The molecule has 0 radical (unpaired) electrons. The Morgan fingerprint density at radius 1 is 1.25 bits per heavy atom. The van der Waals surface area contributed by atoms with Crippen LogP contribution >= 0.6 is 15.9 Å². The van der Waals surface area contributed by atoms with E-state index in [9.17, 15) is 4.79 Å². The third-order valence-corrected chi connectivity index (χ3v) is 4.92. The van der Waals surface area contributed by atoms with Gasteiger partial charge in [-0.05, 0) is 42.7 Å². The van der Waals surface area contributed by atoms with Crippen LogP contribution in [0.25, 0.3) is 0 Å². The minimum Gasteiger partial charge on any atom is -0.467 e. The Bertz CT molecular complexity index is 749. The maximum absolute atomic E-state index is 12.8. The number of hydrogen-bond acceptors (Lipinski definition) is 4. The number of nitrogens with zero attached hydrogens (tertiary/aromatic N) is 2. The molecule has 3 heterocycles. The van der Waals surface area contributed by atoms with Crippen LogP contribution in [0.5, 0.6) is 0 Å². The number of furan rings is 1. The first-order valence-corrected chi connectivity index (χ1v) is 8.83. The van der Waals surface area contributed by atoms with Gasteiger partial charge in [0.2, 0.25) is 0 Å². The molecule has 4 rings (SSSR count). The zero-order valence-corrected chi connectivity index (χ0v) is 14.6. The van der Waals surface area contributed by atoms with Crippen molar-refractivity contribution in [3.8, 4) is 0 Å². The number of halogens is 1. The van der Waals surface area contributed by atoms with Crippen molar-refractivity contribution in [1.82, 2.24) is 5.01 Å². The molecule has 1 fully saturated rings. The molecule has 1 aromatic carbocycles. The fourth-order valence-corrected chi connectivity index (χ4v) is 3.42. The fourth-order valence-electron chi connectivity index (χ4n) is 3.15. The summed E-state index contributed by atoms with van der Waals surface area (Å²) < 4.78 is 12.1. The third kappa shape index (κ3) is 2.91. The predicted octanol–water partition coefficient (Wildman–Crippen LogP) is 3.90. The van der Waals surface area contributed by atoms with Gasteiger partial charge in [0, 0.05) is 17.5 Å². The molecular weight excluding hydrogens is 372 g/mol. The van der Waals surface area contributed by atoms with Crippen LogP contribution in [0.4, 0.5) is 0 Å². The van der Waals surface area contributed by atoms with E-state index in [1.807, 2.05) is 36.4 Å². The number of amides is 1. The van der Waals surface area contributed by atoms with E-state index >= 15 is 0 Å². The largest absolute Gasteiger partial charge is 0.467 e. The lowest BCUT2D eigenvalue weighted by molar-refractivity contribution is -0.143. The summed E-state index contributed by atoms with van der Waals surface area (Å²) in [7, 11) is 0. The van der Waals surface area contributed by atoms with E-state index in [0.29, 0.717) is 13.0 Å². The van der Waals surface area contributed by atoms with Crippen molar-refractivity contribution in [2.24, 2.45) is 5.10 Å². The Morgan fingerprint density at radius 2 is 2.08 bits per heavy atom. The maximum Gasteiger partial charge on any atom is 0.272 e. The topological polar surface area (TPSA) is 55.0 Å². The van der Waals surface area contributed by atoms with Crippen LogP contribution in [0.15, 0.2) is 56.7 Å². The number of carbonyl (C=O) groups excluding carboxylic acids is 1. The second-order valence-electron chi connectivity index (χ2n) is 5.97. The Morgan fingerprint density at radius 3 is 2.75 bits per heavy atom. The minimum absolute atomic E-state index is 0.0824. The molecule has 24 heavy (non-hydrogen) atoms. The van der Waals surface area contributed by atoms with Crippen LogP contribution in [-0.4, -0.2) is 29.3 Å². The van der Waals surface area contributed by atoms with Gasteiger partial charge in [0.05, 0.1) is 12.0 Å². The molecule has 0 N–H and O–H groups in total. The third-order valence-electron chi connectivity index (χ3n) is 4.39. The van der Waals surface area contributed by atoms with Crippen molar-refractivity contribution >= 4 is 27.5 Å². The quantitative estimate of drug-likeness (QED) is 0.800. The lowest BCUT2D eigenvalue weighted by Gasteiger charge is -2.22. The van der Waals surface area contributed by atoms with Gasteiger partial charge in [-0.2, -0.15) is 5.10 Å². The molecule has 0 unspecified atom stereocenters. The molecule has 0 spiro atoms. The van der Waals surface area contributed by atoms with Crippen molar-refractivity contribution in [3.63, 3.8) is 0 Å². The molecule has 0 bridgehead atoms. The highest BCUT2D eigenvalue weighted by molar-refractivity contribution is 9.10. The van der Waals surface area contributed by atoms with Crippen LogP contribution in [-0.2, 0) is 9.53 Å². The standard InChI is InChI=1S/C18H17BrN2O3/c19-13-7-5-12(6-8-13)14-11-15(16-3-1-9-23-16)21(20-14)18(22)17-4-2-10-24-17/h1,3,5-9,15,17H,2,4,10-11H2/t15-,17+/m0/s1. The average Bonchev–Trinajstić information content (AvgIpc) is 3.34. The number of benzene rings is 1. The number of ether oxygens (including phenoxy) is 1. The van der Waals surface area contributed by atoms with Crippen LogP contribution in [0.1, 0.15) is 36.6 Å². The van der Waals surface area contributed by atoms with Crippen LogP contribution in [0.2, 0.25) is 0 Å². The van der Waals surface area contributed by atoms with Gasteiger partial charge in [0.25, 0.3) is 5.91 Å². The molecule has 2 aliphatic rings. The molecule has 1 amide bonds. The second-order valence-corrected chi connectivity index (χ2v) is 6.89. The van der Waals surface area contributed by atoms with Crippen molar-refractivity contribution in [2.45, 2.75) is 31.4 Å². The van der Waals surface area contributed by atoms with Crippen molar-refractivity contribution in [2.75, 3.05) is 6.61 Å². The molecule has 1 aromatic heterocycles.